The lowest BCUT2D eigenvalue weighted by molar-refractivity contribution is -0.116. The number of fused-ring (bicyclic) bond motifs is 3. The van der Waals surface area contributed by atoms with E-state index >= 15 is 0 Å². The molecule has 3 aromatic heterocycles. The van der Waals surface area contributed by atoms with E-state index in [1.165, 1.54) is 0 Å². The number of aryl methyl sites for hydroxylation is 2. The molecule has 0 bridgehead atoms. The van der Waals surface area contributed by atoms with E-state index in [1.807, 2.05) is 32.0 Å². The Morgan fingerprint density at radius 3 is 2.92 bits per heavy atom. The summed E-state index contributed by atoms with van der Waals surface area (Å²) < 4.78 is 6.99. The van der Waals surface area contributed by atoms with Crippen LogP contribution in [0, 0.1) is 13.8 Å². The van der Waals surface area contributed by atoms with Crippen molar-refractivity contribution >= 4 is 17.4 Å². The summed E-state index contributed by atoms with van der Waals surface area (Å²) in [4.78, 5) is 21.3. The first-order valence-electron chi connectivity index (χ1n) is 7.74. The molecule has 0 aromatic carbocycles. The van der Waals surface area contributed by atoms with E-state index in [2.05, 4.69) is 20.4 Å². The summed E-state index contributed by atoms with van der Waals surface area (Å²) in [6.07, 6.45) is 0.309. The number of amides is 1. The summed E-state index contributed by atoms with van der Waals surface area (Å²) in [7, 11) is 1.58. The fourth-order valence-corrected chi connectivity index (χ4v) is 3.21. The highest BCUT2D eigenvalue weighted by Gasteiger charge is 2.33. The number of ether oxygens (including phenoxy) is 1. The van der Waals surface area contributed by atoms with Crippen molar-refractivity contribution in [2.24, 2.45) is 0 Å². The quantitative estimate of drug-likeness (QED) is 0.782. The third-order valence-electron chi connectivity index (χ3n) is 4.24. The first kappa shape index (κ1) is 14.6. The molecule has 4 heterocycles. The first-order chi connectivity index (χ1) is 11.6. The number of pyridine rings is 1. The molecule has 1 N–H and O–H groups in total. The fraction of sp³-hybridized carbons (Fsp3) is 0.294. The van der Waals surface area contributed by atoms with Crippen LogP contribution in [-0.2, 0) is 4.79 Å². The zero-order valence-corrected chi connectivity index (χ0v) is 13.7. The van der Waals surface area contributed by atoms with E-state index in [0.717, 1.165) is 28.3 Å². The number of nitrogens with zero attached hydrogens (tertiary/aromatic N) is 4. The largest absolute Gasteiger partial charge is 0.481 e. The van der Waals surface area contributed by atoms with Crippen LogP contribution < -0.4 is 10.1 Å². The fourth-order valence-electron chi connectivity index (χ4n) is 3.21. The van der Waals surface area contributed by atoms with Crippen LogP contribution in [0.15, 0.2) is 24.3 Å². The number of carbonyl (C=O) groups is 1. The number of aromatic nitrogens is 4. The molecule has 1 aliphatic rings. The third kappa shape index (κ3) is 2.20. The summed E-state index contributed by atoms with van der Waals surface area (Å²) in [6.45, 7) is 3.92. The van der Waals surface area contributed by atoms with Gasteiger partial charge in [-0.2, -0.15) is 0 Å². The number of hydrogen-bond acceptors (Lipinski definition) is 5. The second-order valence-electron chi connectivity index (χ2n) is 5.95. The number of carbonyl (C=O) groups excluding carboxylic acids is 1. The lowest BCUT2D eigenvalue weighted by Crippen LogP contribution is -2.23. The molecule has 0 spiro atoms. The van der Waals surface area contributed by atoms with Gasteiger partial charge < -0.3 is 10.1 Å². The van der Waals surface area contributed by atoms with Crippen molar-refractivity contribution in [2.45, 2.75) is 26.2 Å². The van der Waals surface area contributed by atoms with Gasteiger partial charge in [-0.25, -0.2) is 14.5 Å². The molecule has 0 fully saturated rings. The van der Waals surface area contributed by atoms with Crippen LogP contribution >= 0.6 is 0 Å². The smallest absolute Gasteiger partial charge is 0.226 e. The standard InChI is InChI=1S/C17H17N5O2/c1-9-7-10(2)22-17(18-9)15-11(8-13(23)20-16(15)21-22)12-5-4-6-14(19-12)24-3/h4-7,11H,8H2,1-3H3,(H,20,21,23). The second kappa shape index (κ2) is 5.30. The topological polar surface area (TPSA) is 81.4 Å². The molecular weight excluding hydrogens is 306 g/mol. The molecule has 7 heteroatoms. The summed E-state index contributed by atoms with van der Waals surface area (Å²) >= 11 is 0. The van der Waals surface area contributed by atoms with Crippen molar-refractivity contribution in [1.29, 1.82) is 0 Å². The first-order valence-corrected chi connectivity index (χ1v) is 7.74. The highest BCUT2D eigenvalue weighted by molar-refractivity contribution is 5.95. The normalized spacial score (nSPS) is 16.8. The van der Waals surface area contributed by atoms with Gasteiger partial charge in [0.25, 0.3) is 0 Å². The van der Waals surface area contributed by atoms with Gasteiger partial charge in [0.05, 0.1) is 18.4 Å². The average molecular weight is 323 g/mol. The zero-order valence-electron chi connectivity index (χ0n) is 13.7. The SMILES string of the molecule is COc1cccc(C2CC(=O)Nc3nn4c(C)cc(C)nc4c32)n1. The van der Waals surface area contributed by atoms with Crippen molar-refractivity contribution in [1.82, 2.24) is 19.6 Å². The Bertz CT molecular complexity index is 963. The molecule has 1 atom stereocenters. The van der Waals surface area contributed by atoms with E-state index in [1.54, 1.807) is 17.7 Å². The van der Waals surface area contributed by atoms with Crippen LogP contribution in [-0.4, -0.2) is 32.6 Å². The number of hydrogen-bond donors (Lipinski definition) is 1. The van der Waals surface area contributed by atoms with Crippen molar-refractivity contribution in [2.75, 3.05) is 12.4 Å². The Labute approximate surface area is 138 Å². The summed E-state index contributed by atoms with van der Waals surface area (Å²) in [6, 6.07) is 7.53. The molecule has 24 heavy (non-hydrogen) atoms. The Balaban J connectivity index is 1.97. The van der Waals surface area contributed by atoms with Gasteiger partial charge in [-0.1, -0.05) is 6.07 Å². The molecular formula is C17H17N5O2. The molecule has 3 aromatic rings. The van der Waals surface area contributed by atoms with Crippen LogP contribution in [0.3, 0.4) is 0 Å². The van der Waals surface area contributed by atoms with Gasteiger partial charge in [-0.05, 0) is 26.0 Å². The summed E-state index contributed by atoms with van der Waals surface area (Å²) in [5.74, 6) is 0.809. The Morgan fingerprint density at radius 1 is 1.29 bits per heavy atom. The number of rotatable bonds is 2. The maximum atomic E-state index is 12.2. The van der Waals surface area contributed by atoms with Gasteiger partial charge in [-0.3, -0.25) is 4.79 Å². The average Bonchev–Trinajstić information content (AvgIpc) is 2.92. The van der Waals surface area contributed by atoms with Gasteiger partial charge in [0.1, 0.15) is 0 Å². The number of nitrogens with one attached hydrogen (secondary N) is 1. The second-order valence-corrected chi connectivity index (χ2v) is 5.95. The predicted octanol–water partition coefficient (Wildman–Crippen LogP) is 2.22. The maximum Gasteiger partial charge on any atom is 0.226 e. The minimum atomic E-state index is -0.199. The van der Waals surface area contributed by atoms with E-state index in [4.69, 9.17) is 4.74 Å². The van der Waals surface area contributed by atoms with E-state index in [0.29, 0.717) is 18.1 Å². The van der Waals surface area contributed by atoms with Gasteiger partial charge in [-0.15, -0.1) is 5.10 Å². The van der Waals surface area contributed by atoms with Gasteiger partial charge >= 0.3 is 0 Å². The Morgan fingerprint density at radius 2 is 2.12 bits per heavy atom. The Hall–Kier alpha value is -2.96. The molecule has 122 valence electrons. The lowest BCUT2D eigenvalue weighted by Gasteiger charge is -2.21. The minimum absolute atomic E-state index is 0.0742. The highest BCUT2D eigenvalue weighted by Crippen LogP contribution is 2.38. The molecule has 0 saturated carbocycles. The van der Waals surface area contributed by atoms with Gasteiger partial charge in [0.2, 0.25) is 11.8 Å². The third-order valence-corrected chi connectivity index (χ3v) is 4.24. The predicted molar refractivity (Wildman–Crippen MR) is 88.3 cm³/mol. The molecule has 4 rings (SSSR count). The monoisotopic (exact) mass is 323 g/mol. The van der Waals surface area contributed by atoms with Gasteiger partial charge in [0.15, 0.2) is 11.5 Å². The molecule has 0 aliphatic carbocycles. The maximum absolute atomic E-state index is 12.2. The van der Waals surface area contributed by atoms with Crippen LogP contribution in [0.2, 0.25) is 0 Å². The van der Waals surface area contributed by atoms with Crippen LogP contribution in [0.25, 0.3) is 5.65 Å². The molecule has 0 saturated heterocycles. The summed E-state index contributed by atoms with van der Waals surface area (Å²) in [5.41, 5.74) is 4.33. The van der Waals surface area contributed by atoms with E-state index < -0.39 is 0 Å². The van der Waals surface area contributed by atoms with Crippen molar-refractivity contribution < 1.29 is 9.53 Å². The summed E-state index contributed by atoms with van der Waals surface area (Å²) in [5, 5.41) is 7.38. The molecule has 0 radical (unpaired) electrons. The molecule has 7 nitrogen and oxygen atoms in total. The van der Waals surface area contributed by atoms with Crippen molar-refractivity contribution in [3.63, 3.8) is 0 Å². The van der Waals surface area contributed by atoms with Gasteiger partial charge in [0, 0.05) is 29.8 Å². The van der Waals surface area contributed by atoms with E-state index in [9.17, 15) is 4.79 Å². The van der Waals surface area contributed by atoms with E-state index in [-0.39, 0.29) is 11.8 Å². The van der Waals surface area contributed by atoms with Crippen LogP contribution in [0.5, 0.6) is 5.88 Å². The molecule has 1 unspecified atom stereocenters. The van der Waals surface area contributed by atoms with Crippen molar-refractivity contribution in [3.8, 4) is 5.88 Å². The van der Waals surface area contributed by atoms with Crippen LogP contribution in [0.1, 0.15) is 35.0 Å². The zero-order chi connectivity index (χ0) is 16.8. The van der Waals surface area contributed by atoms with Crippen LogP contribution in [0.4, 0.5) is 5.82 Å². The van der Waals surface area contributed by atoms with Crippen molar-refractivity contribution in [3.05, 3.63) is 46.9 Å². The highest BCUT2D eigenvalue weighted by atomic mass is 16.5. The number of anilines is 1. The Kier molecular flexibility index (Phi) is 3.23. The lowest BCUT2D eigenvalue weighted by atomic mass is 9.90. The number of methoxy groups -OCH3 is 1. The minimum Gasteiger partial charge on any atom is -0.481 e. The molecule has 1 amide bonds. The molecule has 1 aliphatic heterocycles.